The van der Waals surface area contributed by atoms with Crippen molar-refractivity contribution >= 4 is 0 Å². The highest BCUT2D eigenvalue weighted by Crippen LogP contribution is 2.16. The molecule has 1 rings (SSSR count). The largest absolute Gasteiger partial charge is 0.491 e. The first-order valence-corrected chi connectivity index (χ1v) is 7.08. The molecular weight excluding hydrogens is 240 g/mol. The van der Waals surface area contributed by atoms with Gasteiger partial charge in [-0.1, -0.05) is 20.8 Å². The van der Waals surface area contributed by atoms with E-state index in [0.717, 1.165) is 37.4 Å². The third-order valence-electron chi connectivity index (χ3n) is 2.54. The average Bonchev–Trinajstić information content (AvgIpc) is 2.40. The van der Waals surface area contributed by atoms with E-state index in [1.807, 2.05) is 12.3 Å². The zero-order chi connectivity index (χ0) is 13.9. The third-order valence-corrected chi connectivity index (χ3v) is 2.54. The van der Waals surface area contributed by atoms with E-state index in [9.17, 15) is 0 Å². The molecule has 0 fully saturated rings. The molecule has 0 amide bonds. The van der Waals surface area contributed by atoms with Gasteiger partial charge in [0.05, 0.1) is 6.61 Å². The van der Waals surface area contributed by atoms with Crippen LogP contribution in [0.15, 0.2) is 18.5 Å². The van der Waals surface area contributed by atoms with E-state index in [1.165, 1.54) is 0 Å². The van der Waals surface area contributed by atoms with Crippen molar-refractivity contribution in [2.24, 2.45) is 5.92 Å². The fraction of sp³-hybridized carbons (Fsp3) is 0.667. The fourth-order valence-electron chi connectivity index (χ4n) is 1.62. The predicted molar refractivity (Wildman–Crippen MR) is 77.4 cm³/mol. The summed E-state index contributed by atoms with van der Waals surface area (Å²) in [5.74, 6) is 1.46. The first kappa shape index (κ1) is 15.9. The standard InChI is InChI=1S/C15H26N2O2/c1-4-6-16-10-14-11-17-7-5-15(14)19-9-8-18-12-13(2)3/h5,7,11,13,16H,4,6,8-10,12H2,1-3H3. The highest BCUT2D eigenvalue weighted by atomic mass is 16.5. The van der Waals surface area contributed by atoms with Gasteiger partial charge < -0.3 is 14.8 Å². The predicted octanol–water partition coefficient (Wildman–Crippen LogP) is 2.63. The lowest BCUT2D eigenvalue weighted by atomic mass is 10.2. The summed E-state index contributed by atoms with van der Waals surface area (Å²) in [4.78, 5) is 4.14. The van der Waals surface area contributed by atoms with Crippen molar-refractivity contribution in [3.05, 3.63) is 24.0 Å². The van der Waals surface area contributed by atoms with Crippen molar-refractivity contribution in [2.45, 2.75) is 33.7 Å². The van der Waals surface area contributed by atoms with Gasteiger partial charge in [-0.25, -0.2) is 0 Å². The number of pyridine rings is 1. The number of aromatic nitrogens is 1. The second-order valence-corrected chi connectivity index (χ2v) is 4.98. The Balaban J connectivity index is 2.31. The molecule has 108 valence electrons. The topological polar surface area (TPSA) is 43.4 Å². The van der Waals surface area contributed by atoms with Crippen LogP contribution >= 0.6 is 0 Å². The molecule has 19 heavy (non-hydrogen) atoms. The van der Waals surface area contributed by atoms with Gasteiger partial charge in [0.2, 0.25) is 0 Å². The van der Waals surface area contributed by atoms with Crippen molar-refractivity contribution in [3.63, 3.8) is 0 Å². The summed E-state index contributed by atoms with van der Waals surface area (Å²) in [6.07, 6.45) is 4.74. The Morgan fingerprint density at radius 1 is 1.32 bits per heavy atom. The molecule has 0 spiro atoms. The number of rotatable bonds is 10. The maximum atomic E-state index is 5.74. The molecule has 0 aliphatic heterocycles. The van der Waals surface area contributed by atoms with E-state index in [2.05, 4.69) is 31.1 Å². The number of hydrogen-bond acceptors (Lipinski definition) is 4. The number of ether oxygens (including phenoxy) is 2. The average molecular weight is 266 g/mol. The Morgan fingerprint density at radius 2 is 2.16 bits per heavy atom. The van der Waals surface area contributed by atoms with Crippen LogP contribution in [-0.2, 0) is 11.3 Å². The molecule has 1 N–H and O–H groups in total. The lowest BCUT2D eigenvalue weighted by Gasteiger charge is -2.12. The van der Waals surface area contributed by atoms with Crippen LogP contribution < -0.4 is 10.1 Å². The Morgan fingerprint density at radius 3 is 2.89 bits per heavy atom. The Hall–Kier alpha value is -1.13. The van der Waals surface area contributed by atoms with E-state index in [0.29, 0.717) is 19.1 Å². The monoisotopic (exact) mass is 266 g/mol. The molecule has 1 aromatic heterocycles. The normalized spacial score (nSPS) is 10.9. The number of hydrogen-bond donors (Lipinski definition) is 1. The van der Waals surface area contributed by atoms with Crippen molar-refractivity contribution in [1.82, 2.24) is 10.3 Å². The molecule has 1 aromatic rings. The molecule has 0 aliphatic carbocycles. The summed E-state index contributed by atoms with van der Waals surface area (Å²) in [7, 11) is 0. The molecular formula is C15H26N2O2. The number of nitrogens with zero attached hydrogens (tertiary/aromatic N) is 1. The minimum atomic E-state index is 0.565. The van der Waals surface area contributed by atoms with E-state index >= 15 is 0 Å². The van der Waals surface area contributed by atoms with Crippen LogP contribution in [0, 0.1) is 5.92 Å². The Labute approximate surface area is 116 Å². The Bertz CT molecular complexity index is 343. The van der Waals surface area contributed by atoms with Gasteiger partial charge in [0.1, 0.15) is 12.4 Å². The van der Waals surface area contributed by atoms with Crippen LogP contribution in [0.1, 0.15) is 32.8 Å². The van der Waals surface area contributed by atoms with Crippen LogP contribution in [0.5, 0.6) is 5.75 Å². The first-order valence-electron chi connectivity index (χ1n) is 7.08. The summed E-state index contributed by atoms with van der Waals surface area (Å²) >= 11 is 0. The summed E-state index contributed by atoms with van der Waals surface area (Å²) < 4.78 is 11.2. The molecule has 0 atom stereocenters. The smallest absolute Gasteiger partial charge is 0.126 e. The van der Waals surface area contributed by atoms with E-state index in [1.54, 1.807) is 6.20 Å². The van der Waals surface area contributed by atoms with Crippen molar-refractivity contribution < 1.29 is 9.47 Å². The quantitative estimate of drug-likeness (QED) is 0.661. The van der Waals surface area contributed by atoms with Crippen molar-refractivity contribution in [1.29, 1.82) is 0 Å². The lowest BCUT2D eigenvalue weighted by molar-refractivity contribution is 0.0816. The van der Waals surface area contributed by atoms with Crippen LogP contribution in [0.2, 0.25) is 0 Å². The molecule has 0 bridgehead atoms. The summed E-state index contributed by atoms with van der Waals surface area (Å²) in [6, 6.07) is 1.91. The summed E-state index contributed by atoms with van der Waals surface area (Å²) in [6.45, 7) is 10.2. The molecule has 0 unspecified atom stereocenters. The van der Waals surface area contributed by atoms with Gasteiger partial charge in [0, 0.05) is 31.1 Å². The van der Waals surface area contributed by atoms with E-state index < -0.39 is 0 Å². The van der Waals surface area contributed by atoms with Crippen LogP contribution in [0.3, 0.4) is 0 Å². The maximum Gasteiger partial charge on any atom is 0.126 e. The molecule has 0 saturated carbocycles. The van der Waals surface area contributed by atoms with Crippen LogP contribution in [-0.4, -0.2) is 31.3 Å². The second-order valence-electron chi connectivity index (χ2n) is 4.98. The van der Waals surface area contributed by atoms with E-state index in [4.69, 9.17) is 9.47 Å². The SMILES string of the molecule is CCCNCc1cnccc1OCCOCC(C)C. The van der Waals surface area contributed by atoms with Gasteiger partial charge in [-0.2, -0.15) is 0 Å². The summed E-state index contributed by atoms with van der Waals surface area (Å²) in [5.41, 5.74) is 1.10. The molecule has 4 heteroatoms. The molecule has 1 heterocycles. The summed E-state index contributed by atoms with van der Waals surface area (Å²) in [5, 5.41) is 3.36. The molecule has 0 radical (unpaired) electrons. The Kier molecular flexibility index (Phi) is 8.18. The molecule has 0 aromatic carbocycles. The van der Waals surface area contributed by atoms with Gasteiger partial charge in [0.25, 0.3) is 0 Å². The zero-order valence-electron chi connectivity index (χ0n) is 12.3. The third kappa shape index (κ3) is 7.13. The van der Waals surface area contributed by atoms with Gasteiger partial charge in [-0.15, -0.1) is 0 Å². The van der Waals surface area contributed by atoms with Crippen molar-refractivity contribution in [2.75, 3.05) is 26.4 Å². The maximum absolute atomic E-state index is 5.74. The van der Waals surface area contributed by atoms with Gasteiger partial charge in [-0.3, -0.25) is 4.98 Å². The minimum absolute atomic E-state index is 0.565. The van der Waals surface area contributed by atoms with Gasteiger partial charge in [0.15, 0.2) is 0 Å². The van der Waals surface area contributed by atoms with Crippen molar-refractivity contribution in [3.8, 4) is 5.75 Å². The van der Waals surface area contributed by atoms with Gasteiger partial charge in [-0.05, 0) is 24.9 Å². The highest BCUT2D eigenvalue weighted by Gasteiger charge is 2.03. The van der Waals surface area contributed by atoms with Crippen LogP contribution in [0.25, 0.3) is 0 Å². The minimum Gasteiger partial charge on any atom is -0.491 e. The van der Waals surface area contributed by atoms with E-state index in [-0.39, 0.29) is 0 Å². The second kappa shape index (κ2) is 9.75. The van der Waals surface area contributed by atoms with Crippen LogP contribution in [0.4, 0.5) is 0 Å². The molecule has 0 saturated heterocycles. The first-order chi connectivity index (χ1) is 9.24. The highest BCUT2D eigenvalue weighted by molar-refractivity contribution is 5.29. The molecule has 4 nitrogen and oxygen atoms in total. The molecule has 0 aliphatic rings. The zero-order valence-corrected chi connectivity index (χ0v) is 12.3. The lowest BCUT2D eigenvalue weighted by Crippen LogP contribution is -2.16. The number of nitrogens with one attached hydrogen (secondary N) is 1. The fourth-order valence-corrected chi connectivity index (χ4v) is 1.62. The van der Waals surface area contributed by atoms with Gasteiger partial charge >= 0.3 is 0 Å².